The van der Waals surface area contributed by atoms with E-state index in [9.17, 15) is 5.11 Å². The first-order valence-electron chi connectivity index (χ1n) is 8.49. The van der Waals surface area contributed by atoms with Gasteiger partial charge in [-0.3, -0.25) is 0 Å². The monoisotopic (exact) mass is 289 g/mol. The maximum Gasteiger partial charge on any atom is 0.0637 e. The number of hydrogen-bond donors (Lipinski definition) is 2. The fourth-order valence-electron chi connectivity index (χ4n) is 3.45. The Hall–Kier alpha value is -0.860. The maximum atomic E-state index is 10.7. The van der Waals surface area contributed by atoms with E-state index in [-0.39, 0.29) is 0 Å². The molecule has 0 heterocycles. The summed E-state index contributed by atoms with van der Waals surface area (Å²) in [6.45, 7) is 8.36. The SMILES string of the molecule is CC(C)CNCCC(C)(O)CC1CCCc2ccccc21. The molecule has 21 heavy (non-hydrogen) atoms. The fraction of sp³-hybridized carbons (Fsp3) is 0.684. The summed E-state index contributed by atoms with van der Waals surface area (Å²) in [5, 5.41) is 14.2. The highest BCUT2D eigenvalue weighted by molar-refractivity contribution is 5.32. The van der Waals surface area contributed by atoms with E-state index in [1.807, 2.05) is 6.92 Å². The normalized spacial score (nSPS) is 21.1. The number of aliphatic hydroxyl groups is 1. The van der Waals surface area contributed by atoms with Crippen molar-refractivity contribution in [2.75, 3.05) is 13.1 Å². The highest BCUT2D eigenvalue weighted by atomic mass is 16.3. The molecule has 1 aliphatic carbocycles. The van der Waals surface area contributed by atoms with Crippen LogP contribution < -0.4 is 5.32 Å². The quantitative estimate of drug-likeness (QED) is 0.747. The average molecular weight is 289 g/mol. The summed E-state index contributed by atoms with van der Waals surface area (Å²) in [7, 11) is 0. The Kier molecular flexibility index (Phi) is 5.83. The molecule has 1 aliphatic rings. The van der Waals surface area contributed by atoms with Crippen molar-refractivity contribution in [1.82, 2.24) is 5.32 Å². The van der Waals surface area contributed by atoms with Crippen LogP contribution in [-0.4, -0.2) is 23.8 Å². The molecule has 0 fully saturated rings. The van der Waals surface area contributed by atoms with E-state index in [2.05, 4.69) is 43.4 Å². The Morgan fingerprint density at radius 2 is 2.10 bits per heavy atom. The molecule has 118 valence electrons. The van der Waals surface area contributed by atoms with Crippen LogP contribution in [0.15, 0.2) is 24.3 Å². The maximum absolute atomic E-state index is 10.7. The average Bonchev–Trinajstić information content (AvgIpc) is 2.44. The standard InChI is InChI=1S/C19H31NO/c1-15(2)14-20-12-11-19(3,21)13-17-9-6-8-16-7-4-5-10-18(16)17/h4-5,7,10,15,17,20-21H,6,8-9,11-14H2,1-3H3. The molecule has 0 aliphatic heterocycles. The van der Waals surface area contributed by atoms with Gasteiger partial charge in [-0.25, -0.2) is 0 Å². The minimum Gasteiger partial charge on any atom is -0.390 e. The van der Waals surface area contributed by atoms with E-state index in [4.69, 9.17) is 0 Å². The summed E-state index contributed by atoms with van der Waals surface area (Å²) in [6.07, 6.45) is 5.38. The van der Waals surface area contributed by atoms with E-state index in [1.54, 1.807) is 0 Å². The molecule has 2 unspecified atom stereocenters. The van der Waals surface area contributed by atoms with Gasteiger partial charge in [-0.15, -0.1) is 0 Å². The van der Waals surface area contributed by atoms with Gasteiger partial charge in [-0.1, -0.05) is 38.1 Å². The van der Waals surface area contributed by atoms with Crippen molar-refractivity contribution in [3.8, 4) is 0 Å². The van der Waals surface area contributed by atoms with Gasteiger partial charge in [-0.2, -0.15) is 0 Å². The van der Waals surface area contributed by atoms with Gasteiger partial charge in [0.25, 0.3) is 0 Å². The Balaban J connectivity index is 1.88. The first kappa shape index (κ1) is 16.5. The molecule has 2 rings (SSSR count). The summed E-state index contributed by atoms with van der Waals surface area (Å²) in [5.41, 5.74) is 2.39. The topological polar surface area (TPSA) is 32.3 Å². The molecular weight excluding hydrogens is 258 g/mol. The number of aryl methyl sites for hydroxylation is 1. The third-order valence-electron chi connectivity index (χ3n) is 4.57. The molecule has 0 bridgehead atoms. The van der Waals surface area contributed by atoms with Crippen molar-refractivity contribution in [3.05, 3.63) is 35.4 Å². The zero-order valence-electron chi connectivity index (χ0n) is 13.9. The number of rotatable bonds is 7. The third kappa shape index (κ3) is 5.12. The van der Waals surface area contributed by atoms with Crippen LogP contribution in [0.25, 0.3) is 0 Å². The highest BCUT2D eigenvalue weighted by Crippen LogP contribution is 2.37. The molecule has 1 aromatic rings. The number of fused-ring (bicyclic) bond motifs is 1. The van der Waals surface area contributed by atoms with Crippen molar-refractivity contribution in [2.24, 2.45) is 5.92 Å². The van der Waals surface area contributed by atoms with Gasteiger partial charge in [0.2, 0.25) is 0 Å². The molecule has 1 aromatic carbocycles. The van der Waals surface area contributed by atoms with Crippen LogP contribution in [0, 0.1) is 5.92 Å². The lowest BCUT2D eigenvalue weighted by Crippen LogP contribution is -2.33. The van der Waals surface area contributed by atoms with Crippen LogP contribution in [0.1, 0.15) is 63.5 Å². The molecule has 0 saturated carbocycles. The smallest absolute Gasteiger partial charge is 0.0637 e. The van der Waals surface area contributed by atoms with Crippen LogP contribution in [0.5, 0.6) is 0 Å². The van der Waals surface area contributed by atoms with Crippen LogP contribution in [0.2, 0.25) is 0 Å². The van der Waals surface area contributed by atoms with Crippen LogP contribution in [-0.2, 0) is 6.42 Å². The molecule has 2 atom stereocenters. The van der Waals surface area contributed by atoms with Crippen molar-refractivity contribution in [2.45, 2.75) is 64.4 Å². The van der Waals surface area contributed by atoms with Crippen LogP contribution in [0.4, 0.5) is 0 Å². The number of hydrogen-bond acceptors (Lipinski definition) is 2. The summed E-state index contributed by atoms with van der Waals surface area (Å²) >= 11 is 0. The van der Waals surface area contributed by atoms with Crippen molar-refractivity contribution in [3.63, 3.8) is 0 Å². The number of nitrogens with one attached hydrogen (secondary N) is 1. The van der Waals surface area contributed by atoms with E-state index in [0.717, 1.165) is 25.9 Å². The Morgan fingerprint density at radius 3 is 2.86 bits per heavy atom. The molecule has 0 spiro atoms. The zero-order chi connectivity index (χ0) is 15.3. The van der Waals surface area contributed by atoms with E-state index in [1.165, 1.54) is 30.4 Å². The molecule has 0 aromatic heterocycles. The summed E-state index contributed by atoms with van der Waals surface area (Å²) < 4.78 is 0. The van der Waals surface area contributed by atoms with Crippen molar-refractivity contribution in [1.29, 1.82) is 0 Å². The minimum atomic E-state index is -0.570. The lowest BCUT2D eigenvalue weighted by atomic mass is 9.76. The molecule has 0 amide bonds. The minimum absolute atomic E-state index is 0.523. The lowest BCUT2D eigenvalue weighted by Gasteiger charge is -2.32. The van der Waals surface area contributed by atoms with Crippen molar-refractivity contribution < 1.29 is 5.11 Å². The lowest BCUT2D eigenvalue weighted by molar-refractivity contribution is 0.0331. The second-order valence-corrected chi connectivity index (χ2v) is 7.34. The fourth-order valence-corrected chi connectivity index (χ4v) is 3.45. The van der Waals surface area contributed by atoms with Gasteiger partial charge in [-0.05, 0) is 75.1 Å². The summed E-state index contributed by atoms with van der Waals surface area (Å²) in [5.74, 6) is 1.19. The van der Waals surface area contributed by atoms with Gasteiger partial charge < -0.3 is 10.4 Å². The Bertz CT molecular complexity index is 439. The molecule has 2 nitrogen and oxygen atoms in total. The van der Waals surface area contributed by atoms with Crippen LogP contribution in [0.3, 0.4) is 0 Å². The Labute approximate surface area is 130 Å². The molecule has 0 radical (unpaired) electrons. The predicted molar refractivity (Wildman–Crippen MR) is 89.7 cm³/mol. The summed E-state index contributed by atoms with van der Waals surface area (Å²) in [6, 6.07) is 8.78. The molecule has 0 saturated heterocycles. The van der Waals surface area contributed by atoms with E-state index < -0.39 is 5.60 Å². The molecule has 2 N–H and O–H groups in total. The van der Waals surface area contributed by atoms with Crippen molar-refractivity contribution >= 4 is 0 Å². The third-order valence-corrected chi connectivity index (χ3v) is 4.57. The largest absolute Gasteiger partial charge is 0.390 e. The highest BCUT2D eigenvalue weighted by Gasteiger charge is 2.28. The summed E-state index contributed by atoms with van der Waals surface area (Å²) in [4.78, 5) is 0. The number of benzene rings is 1. The van der Waals surface area contributed by atoms with E-state index in [0.29, 0.717) is 11.8 Å². The second kappa shape index (κ2) is 7.42. The second-order valence-electron chi connectivity index (χ2n) is 7.34. The van der Waals surface area contributed by atoms with E-state index >= 15 is 0 Å². The Morgan fingerprint density at radius 1 is 1.33 bits per heavy atom. The van der Waals surface area contributed by atoms with Gasteiger partial charge in [0.05, 0.1) is 5.60 Å². The molecule has 2 heteroatoms. The van der Waals surface area contributed by atoms with Crippen LogP contribution >= 0.6 is 0 Å². The first-order valence-corrected chi connectivity index (χ1v) is 8.49. The van der Waals surface area contributed by atoms with Gasteiger partial charge in [0, 0.05) is 0 Å². The van der Waals surface area contributed by atoms with Gasteiger partial charge in [0.15, 0.2) is 0 Å². The van der Waals surface area contributed by atoms with Gasteiger partial charge in [0.1, 0.15) is 0 Å². The van der Waals surface area contributed by atoms with Gasteiger partial charge >= 0.3 is 0 Å². The first-order chi connectivity index (χ1) is 9.98. The zero-order valence-corrected chi connectivity index (χ0v) is 13.9. The predicted octanol–water partition coefficient (Wildman–Crippen LogP) is 3.88. The molecular formula is C19H31NO.